The Morgan fingerprint density at radius 3 is 2.29 bits per heavy atom. The van der Waals surface area contributed by atoms with Gasteiger partial charge in [0.2, 0.25) is 11.8 Å². The second-order valence-corrected chi connectivity index (χ2v) is 16.7. The van der Waals surface area contributed by atoms with Crippen LogP contribution in [-0.2, 0) is 9.59 Å². The Bertz CT molecular complexity index is 2170. The maximum absolute atomic E-state index is 13.4. The molecule has 5 amide bonds. The van der Waals surface area contributed by atoms with Gasteiger partial charge in [-0.05, 0) is 36.8 Å². The predicted molar refractivity (Wildman–Crippen MR) is 204 cm³/mol. The first-order chi connectivity index (χ1) is 26.7. The second-order valence-electron chi connectivity index (χ2n) is 16.3. The van der Waals surface area contributed by atoms with Crippen LogP contribution in [0.25, 0.3) is 0 Å². The molecule has 0 bridgehead atoms. The van der Waals surface area contributed by atoms with Crippen molar-refractivity contribution in [3.63, 3.8) is 0 Å². The number of rotatable bonds is 8. The van der Waals surface area contributed by atoms with E-state index < -0.39 is 40.5 Å². The fraction of sp³-hybridized carbons (Fsp3) is 0.450. The number of piperazine rings is 1. The Morgan fingerprint density at radius 1 is 0.929 bits per heavy atom. The summed E-state index contributed by atoms with van der Waals surface area (Å²) in [7, 11) is 0. The van der Waals surface area contributed by atoms with Crippen LogP contribution >= 0.6 is 11.6 Å². The van der Waals surface area contributed by atoms with Crippen LogP contribution in [-0.4, -0.2) is 113 Å². The van der Waals surface area contributed by atoms with Gasteiger partial charge in [0.1, 0.15) is 35.5 Å². The van der Waals surface area contributed by atoms with Crippen molar-refractivity contribution in [2.45, 2.75) is 64.8 Å². The number of carbonyl (C=O) groups excluding carboxylic acids is 5. The van der Waals surface area contributed by atoms with Gasteiger partial charge in [0.15, 0.2) is 0 Å². The molecule has 16 heteroatoms. The molecule has 1 aromatic heterocycles. The molecule has 290 valence electrons. The van der Waals surface area contributed by atoms with Gasteiger partial charge in [0, 0.05) is 80.4 Å². The maximum Gasteiger partial charge on any atom is 0.271 e. The molecule has 4 fully saturated rings. The molecule has 1 saturated carbocycles. The SMILES string of the molecule is CC1(C)[C@H](NC(=O)c2cnc(N3CCN(C4CN(c5ccc6c(c5)C(=O)N(C5CCC(=O)NC5=O)C6=O)C4)CC3)cn2)C(C)(C)[C@H]1Oc1ccc(C#N)c(Cl)c1. The zero-order valence-corrected chi connectivity index (χ0v) is 32.3. The minimum absolute atomic E-state index is 0.0775. The summed E-state index contributed by atoms with van der Waals surface area (Å²) in [6.45, 7) is 12.9. The number of amides is 5. The molecule has 4 aliphatic heterocycles. The van der Waals surface area contributed by atoms with Crippen molar-refractivity contribution in [3.05, 3.63) is 76.2 Å². The van der Waals surface area contributed by atoms with Crippen LogP contribution in [0.2, 0.25) is 5.02 Å². The van der Waals surface area contributed by atoms with E-state index in [4.69, 9.17) is 16.3 Å². The van der Waals surface area contributed by atoms with E-state index in [1.165, 1.54) is 6.20 Å². The molecular weight excluding hydrogens is 738 g/mol. The van der Waals surface area contributed by atoms with Crippen LogP contribution in [0.3, 0.4) is 0 Å². The third-order valence-corrected chi connectivity index (χ3v) is 12.4. The van der Waals surface area contributed by atoms with E-state index in [1.807, 2.05) is 33.8 Å². The topological polar surface area (TPSA) is 181 Å². The first-order valence-electron chi connectivity index (χ1n) is 18.8. The highest BCUT2D eigenvalue weighted by Crippen LogP contribution is 2.55. The van der Waals surface area contributed by atoms with Crippen molar-refractivity contribution < 1.29 is 28.7 Å². The molecule has 2 N–H and O–H groups in total. The highest BCUT2D eigenvalue weighted by Gasteiger charge is 2.64. The molecule has 1 atom stereocenters. The van der Waals surface area contributed by atoms with Crippen LogP contribution in [0.15, 0.2) is 48.8 Å². The normalized spacial score (nSPS) is 24.5. The third kappa shape index (κ3) is 6.30. The Morgan fingerprint density at radius 2 is 1.64 bits per heavy atom. The van der Waals surface area contributed by atoms with Gasteiger partial charge in [-0.25, -0.2) is 9.97 Å². The molecule has 5 heterocycles. The summed E-state index contributed by atoms with van der Waals surface area (Å²) in [6, 6.07) is 11.4. The standard InChI is InChI=1S/C40H42ClN9O6/c1-39(2)37(40(3,4)38(39)56-25-7-5-22(17-42)28(41)16-25)46-33(52)29-18-44-31(19-43-29)48-13-11-47(12-14-48)24-20-49(21-24)23-6-8-26-27(15-23)36(55)50(35(26)54)30-9-10-32(51)45-34(30)53/h5-8,15-16,18-19,24,30,37-38H,9-14,20-21H2,1-4H3,(H,46,52)(H,45,51,53)/t30?,37-,38-. The van der Waals surface area contributed by atoms with Gasteiger partial charge in [-0.1, -0.05) is 39.3 Å². The number of hydrogen-bond donors (Lipinski definition) is 2. The molecule has 1 aliphatic carbocycles. The second kappa shape index (κ2) is 13.9. The summed E-state index contributed by atoms with van der Waals surface area (Å²) >= 11 is 6.23. The number of nitrogens with one attached hydrogen (secondary N) is 2. The third-order valence-electron chi connectivity index (χ3n) is 12.1. The smallest absolute Gasteiger partial charge is 0.271 e. The van der Waals surface area contributed by atoms with Crippen molar-refractivity contribution in [1.29, 1.82) is 5.26 Å². The summed E-state index contributed by atoms with van der Waals surface area (Å²) in [5.74, 6) is -1.08. The molecule has 5 aliphatic rings. The zero-order chi connectivity index (χ0) is 39.7. The van der Waals surface area contributed by atoms with E-state index in [0.29, 0.717) is 28.2 Å². The van der Waals surface area contributed by atoms with Crippen molar-refractivity contribution in [1.82, 2.24) is 30.4 Å². The molecule has 0 spiro atoms. The highest BCUT2D eigenvalue weighted by atomic mass is 35.5. The van der Waals surface area contributed by atoms with E-state index in [0.717, 1.165) is 49.9 Å². The molecule has 56 heavy (non-hydrogen) atoms. The summed E-state index contributed by atoms with van der Waals surface area (Å²) in [6.07, 6.45) is 3.14. The number of piperidine rings is 1. The lowest BCUT2D eigenvalue weighted by molar-refractivity contribution is -0.164. The van der Waals surface area contributed by atoms with Gasteiger partial charge >= 0.3 is 0 Å². The summed E-state index contributed by atoms with van der Waals surface area (Å²) in [4.78, 5) is 80.6. The Balaban J connectivity index is 0.817. The molecular formula is C40H42ClN9O6. The lowest BCUT2D eigenvalue weighted by Gasteiger charge is -2.63. The molecule has 0 radical (unpaired) electrons. The molecule has 3 aromatic rings. The van der Waals surface area contributed by atoms with E-state index in [-0.39, 0.29) is 47.7 Å². The number of ether oxygens (including phenoxy) is 1. The predicted octanol–water partition coefficient (Wildman–Crippen LogP) is 3.03. The Kier molecular flexibility index (Phi) is 9.24. The molecule has 1 unspecified atom stereocenters. The van der Waals surface area contributed by atoms with Crippen molar-refractivity contribution in [2.75, 3.05) is 49.1 Å². The van der Waals surface area contributed by atoms with Gasteiger partial charge in [0.05, 0.1) is 34.1 Å². The number of halogens is 1. The Hall–Kier alpha value is -5.59. The van der Waals surface area contributed by atoms with Crippen molar-refractivity contribution >= 4 is 52.6 Å². The fourth-order valence-electron chi connectivity index (χ4n) is 9.27. The van der Waals surface area contributed by atoms with E-state index >= 15 is 0 Å². The lowest BCUT2D eigenvalue weighted by atomic mass is 9.49. The number of nitriles is 1. The van der Waals surface area contributed by atoms with Gasteiger partial charge in [-0.2, -0.15) is 5.26 Å². The number of hydrogen-bond acceptors (Lipinski definition) is 12. The number of nitrogens with zero attached hydrogens (tertiary/aromatic N) is 7. The summed E-state index contributed by atoms with van der Waals surface area (Å²) < 4.78 is 6.34. The average Bonchev–Trinajstić information content (AvgIpc) is 3.40. The number of imide groups is 2. The summed E-state index contributed by atoms with van der Waals surface area (Å²) in [5, 5.41) is 14.9. The molecule has 15 nitrogen and oxygen atoms in total. The molecule has 2 aromatic carbocycles. The van der Waals surface area contributed by atoms with Gasteiger partial charge in [0.25, 0.3) is 17.7 Å². The first kappa shape index (κ1) is 37.3. The Labute approximate surface area is 328 Å². The lowest BCUT2D eigenvalue weighted by Crippen LogP contribution is -2.74. The minimum Gasteiger partial charge on any atom is -0.489 e. The number of benzene rings is 2. The quantitative estimate of drug-likeness (QED) is 0.320. The van der Waals surface area contributed by atoms with Crippen LogP contribution in [0.4, 0.5) is 11.5 Å². The fourth-order valence-corrected chi connectivity index (χ4v) is 9.48. The van der Waals surface area contributed by atoms with Crippen LogP contribution in [0, 0.1) is 22.2 Å². The van der Waals surface area contributed by atoms with E-state index in [2.05, 4.69) is 41.4 Å². The number of carbonyl (C=O) groups is 5. The van der Waals surface area contributed by atoms with E-state index in [9.17, 15) is 29.2 Å². The van der Waals surface area contributed by atoms with Gasteiger partial charge < -0.3 is 19.9 Å². The van der Waals surface area contributed by atoms with E-state index in [1.54, 1.807) is 36.5 Å². The van der Waals surface area contributed by atoms with Crippen LogP contribution in [0.5, 0.6) is 5.75 Å². The molecule has 3 saturated heterocycles. The zero-order valence-electron chi connectivity index (χ0n) is 31.5. The van der Waals surface area contributed by atoms with Gasteiger partial charge in [-0.15, -0.1) is 0 Å². The first-order valence-corrected chi connectivity index (χ1v) is 19.1. The summed E-state index contributed by atoms with van der Waals surface area (Å²) in [5.41, 5.74) is 1.18. The minimum atomic E-state index is -0.990. The number of anilines is 2. The highest BCUT2D eigenvalue weighted by molar-refractivity contribution is 6.31. The van der Waals surface area contributed by atoms with Crippen molar-refractivity contribution in [2.24, 2.45) is 10.8 Å². The van der Waals surface area contributed by atoms with Crippen LogP contribution < -0.4 is 25.2 Å². The van der Waals surface area contributed by atoms with Gasteiger partial charge in [-0.3, -0.25) is 39.1 Å². The molecule has 8 rings (SSSR count). The maximum atomic E-state index is 13.4. The monoisotopic (exact) mass is 779 g/mol. The average molecular weight is 780 g/mol. The van der Waals surface area contributed by atoms with Crippen LogP contribution in [0.1, 0.15) is 77.3 Å². The largest absolute Gasteiger partial charge is 0.489 e. The number of aromatic nitrogens is 2. The van der Waals surface area contributed by atoms with Crippen molar-refractivity contribution in [3.8, 4) is 11.8 Å². The number of fused-ring (bicyclic) bond motifs is 1.